The summed E-state index contributed by atoms with van der Waals surface area (Å²) in [4.78, 5) is 13.1. The zero-order valence-electron chi connectivity index (χ0n) is 10.7. The van der Waals surface area contributed by atoms with Crippen LogP contribution in [0.15, 0.2) is 47.4 Å². The first-order chi connectivity index (χ1) is 9.58. The molecule has 0 heterocycles. The standard InChI is InChI=1S/C15H12Cl2O2S/c1-20-14-4-2-10(3-5-14)15(18)9-19-13-7-11(16)6-12(17)8-13/h2-8H,9H2,1H3. The van der Waals surface area contributed by atoms with Crippen LogP contribution in [0.25, 0.3) is 0 Å². The van der Waals surface area contributed by atoms with E-state index in [0.717, 1.165) is 4.90 Å². The van der Waals surface area contributed by atoms with Gasteiger partial charge in [0.1, 0.15) is 5.75 Å². The maximum Gasteiger partial charge on any atom is 0.200 e. The fraction of sp³-hybridized carbons (Fsp3) is 0.133. The van der Waals surface area contributed by atoms with Crippen LogP contribution in [0.5, 0.6) is 5.75 Å². The van der Waals surface area contributed by atoms with Gasteiger partial charge in [-0.05, 0) is 36.6 Å². The Bertz CT molecular complexity index is 592. The molecule has 0 aliphatic heterocycles. The lowest BCUT2D eigenvalue weighted by molar-refractivity contribution is 0.0921. The lowest BCUT2D eigenvalue weighted by Crippen LogP contribution is -2.11. The zero-order chi connectivity index (χ0) is 14.5. The Morgan fingerprint density at radius 3 is 2.25 bits per heavy atom. The average Bonchev–Trinajstić information content (AvgIpc) is 2.44. The van der Waals surface area contributed by atoms with Gasteiger partial charge in [0.15, 0.2) is 12.4 Å². The summed E-state index contributed by atoms with van der Waals surface area (Å²) < 4.78 is 5.42. The molecule has 104 valence electrons. The van der Waals surface area contributed by atoms with Crippen molar-refractivity contribution in [2.45, 2.75) is 4.90 Å². The highest BCUT2D eigenvalue weighted by Crippen LogP contribution is 2.24. The van der Waals surface area contributed by atoms with Gasteiger partial charge in [0.05, 0.1) is 0 Å². The molecule has 0 aliphatic rings. The minimum absolute atomic E-state index is 0.0463. The van der Waals surface area contributed by atoms with Crippen LogP contribution in [0.2, 0.25) is 10.0 Å². The molecule has 0 atom stereocenters. The number of benzene rings is 2. The van der Waals surface area contributed by atoms with Crippen molar-refractivity contribution in [3.63, 3.8) is 0 Å². The van der Waals surface area contributed by atoms with Gasteiger partial charge in [0, 0.05) is 20.5 Å². The Kier molecular flexibility index (Phi) is 5.35. The molecule has 0 aromatic heterocycles. The van der Waals surface area contributed by atoms with Gasteiger partial charge in [-0.15, -0.1) is 11.8 Å². The molecule has 0 aliphatic carbocycles. The molecule has 2 aromatic rings. The van der Waals surface area contributed by atoms with E-state index in [1.807, 2.05) is 18.4 Å². The number of thioether (sulfide) groups is 1. The van der Waals surface area contributed by atoms with E-state index >= 15 is 0 Å². The Morgan fingerprint density at radius 2 is 1.70 bits per heavy atom. The van der Waals surface area contributed by atoms with Crippen molar-refractivity contribution in [1.82, 2.24) is 0 Å². The van der Waals surface area contributed by atoms with E-state index in [1.165, 1.54) is 0 Å². The fourth-order valence-electron chi connectivity index (χ4n) is 1.62. The number of halogens is 2. The molecule has 5 heteroatoms. The minimum atomic E-state index is -0.0891. The second-order valence-corrected chi connectivity index (χ2v) is 5.80. The van der Waals surface area contributed by atoms with E-state index in [1.54, 1.807) is 42.1 Å². The molecule has 0 bridgehead atoms. The van der Waals surface area contributed by atoms with Gasteiger partial charge in [0.25, 0.3) is 0 Å². The van der Waals surface area contributed by atoms with Crippen molar-refractivity contribution in [2.75, 3.05) is 12.9 Å². The third kappa shape index (κ3) is 4.17. The van der Waals surface area contributed by atoms with E-state index in [-0.39, 0.29) is 12.4 Å². The predicted octanol–water partition coefficient (Wildman–Crippen LogP) is 4.98. The number of Topliss-reactive ketones (excluding diaryl/α,β-unsaturated/α-hetero) is 1. The summed E-state index contributed by atoms with van der Waals surface area (Å²) in [5, 5.41) is 0.952. The van der Waals surface area contributed by atoms with Crippen LogP contribution in [0, 0.1) is 0 Å². The van der Waals surface area contributed by atoms with Crippen molar-refractivity contribution in [1.29, 1.82) is 0 Å². The number of hydrogen-bond acceptors (Lipinski definition) is 3. The van der Waals surface area contributed by atoms with Crippen LogP contribution in [0.3, 0.4) is 0 Å². The molecule has 2 aromatic carbocycles. The van der Waals surface area contributed by atoms with Gasteiger partial charge in [-0.3, -0.25) is 4.79 Å². The molecule has 0 unspecified atom stereocenters. The SMILES string of the molecule is CSc1ccc(C(=O)COc2cc(Cl)cc(Cl)c2)cc1. The maximum atomic E-state index is 12.0. The molecular weight excluding hydrogens is 315 g/mol. The molecule has 2 rings (SSSR count). The summed E-state index contributed by atoms with van der Waals surface area (Å²) in [5.41, 5.74) is 0.621. The molecule has 0 spiro atoms. The van der Waals surface area contributed by atoms with Gasteiger partial charge in [-0.25, -0.2) is 0 Å². The summed E-state index contributed by atoms with van der Waals surface area (Å²) >= 11 is 13.4. The lowest BCUT2D eigenvalue weighted by Gasteiger charge is -2.07. The molecule has 0 saturated carbocycles. The molecule has 0 saturated heterocycles. The summed E-state index contributed by atoms with van der Waals surface area (Å²) in [6, 6.07) is 12.3. The number of hydrogen-bond donors (Lipinski definition) is 0. The zero-order valence-corrected chi connectivity index (χ0v) is 13.1. The van der Waals surface area contributed by atoms with Gasteiger partial charge < -0.3 is 4.74 Å². The highest BCUT2D eigenvalue weighted by Gasteiger charge is 2.07. The Hall–Kier alpha value is -1.16. The van der Waals surface area contributed by atoms with Crippen molar-refractivity contribution < 1.29 is 9.53 Å². The third-order valence-corrected chi connectivity index (χ3v) is 3.80. The topological polar surface area (TPSA) is 26.3 Å². The number of carbonyl (C=O) groups is 1. The first kappa shape index (κ1) is 15.2. The van der Waals surface area contributed by atoms with Crippen molar-refractivity contribution in [2.24, 2.45) is 0 Å². The number of ether oxygens (including phenoxy) is 1. The van der Waals surface area contributed by atoms with Gasteiger partial charge in [0.2, 0.25) is 0 Å². The summed E-state index contributed by atoms with van der Waals surface area (Å²) in [6.07, 6.45) is 1.99. The van der Waals surface area contributed by atoms with Crippen LogP contribution >= 0.6 is 35.0 Å². The summed E-state index contributed by atoms with van der Waals surface area (Å²) in [6.45, 7) is -0.0463. The predicted molar refractivity (Wildman–Crippen MR) is 84.5 cm³/mol. The van der Waals surface area contributed by atoms with Gasteiger partial charge in [-0.2, -0.15) is 0 Å². The normalized spacial score (nSPS) is 10.3. The van der Waals surface area contributed by atoms with Crippen LogP contribution in [-0.2, 0) is 0 Å². The molecule has 2 nitrogen and oxygen atoms in total. The quantitative estimate of drug-likeness (QED) is 0.572. The van der Waals surface area contributed by atoms with Crippen LogP contribution < -0.4 is 4.74 Å². The Labute approximate surface area is 132 Å². The highest BCUT2D eigenvalue weighted by atomic mass is 35.5. The third-order valence-electron chi connectivity index (χ3n) is 2.62. The molecule has 0 fully saturated rings. The second-order valence-electron chi connectivity index (χ2n) is 4.05. The molecule has 0 amide bonds. The first-order valence-corrected chi connectivity index (χ1v) is 7.82. The van der Waals surface area contributed by atoms with E-state index in [0.29, 0.717) is 21.4 Å². The van der Waals surface area contributed by atoms with Crippen LogP contribution in [0.4, 0.5) is 0 Å². The summed E-state index contributed by atoms with van der Waals surface area (Å²) in [5.74, 6) is 0.394. The lowest BCUT2D eigenvalue weighted by atomic mass is 10.1. The second kappa shape index (κ2) is 7.02. The summed E-state index contributed by atoms with van der Waals surface area (Å²) in [7, 11) is 0. The van der Waals surface area contributed by atoms with Crippen molar-refractivity contribution in [3.05, 3.63) is 58.1 Å². The molecule has 0 radical (unpaired) electrons. The average molecular weight is 327 g/mol. The van der Waals surface area contributed by atoms with Crippen molar-refractivity contribution >= 4 is 40.7 Å². The number of carbonyl (C=O) groups excluding carboxylic acids is 1. The number of rotatable bonds is 5. The minimum Gasteiger partial charge on any atom is -0.485 e. The highest BCUT2D eigenvalue weighted by molar-refractivity contribution is 7.98. The number of ketones is 1. The molecule has 20 heavy (non-hydrogen) atoms. The maximum absolute atomic E-state index is 12.0. The van der Waals surface area contributed by atoms with Crippen LogP contribution in [-0.4, -0.2) is 18.6 Å². The Morgan fingerprint density at radius 1 is 1.10 bits per heavy atom. The van der Waals surface area contributed by atoms with E-state index in [4.69, 9.17) is 27.9 Å². The fourth-order valence-corrected chi connectivity index (χ4v) is 2.54. The van der Waals surface area contributed by atoms with E-state index in [9.17, 15) is 4.79 Å². The van der Waals surface area contributed by atoms with Crippen LogP contribution in [0.1, 0.15) is 10.4 Å². The van der Waals surface area contributed by atoms with E-state index in [2.05, 4.69) is 0 Å². The monoisotopic (exact) mass is 326 g/mol. The molecule has 0 N–H and O–H groups in total. The molecular formula is C15H12Cl2O2S. The van der Waals surface area contributed by atoms with Crippen molar-refractivity contribution in [3.8, 4) is 5.75 Å². The Balaban J connectivity index is 2.00. The van der Waals surface area contributed by atoms with Gasteiger partial charge in [-0.1, -0.05) is 35.3 Å². The largest absolute Gasteiger partial charge is 0.485 e. The smallest absolute Gasteiger partial charge is 0.200 e. The first-order valence-electron chi connectivity index (χ1n) is 5.84. The van der Waals surface area contributed by atoms with E-state index < -0.39 is 0 Å². The van der Waals surface area contributed by atoms with Gasteiger partial charge >= 0.3 is 0 Å².